The summed E-state index contributed by atoms with van der Waals surface area (Å²) in [5.74, 6) is 1.27. The van der Waals surface area contributed by atoms with Crippen molar-refractivity contribution in [1.82, 2.24) is 20.1 Å². The van der Waals surface area contributed by atoms with Crippen molar-refractivity contribution in [2.24, 2.45) is 7.05 Å². The lowest BCUT2D eigenvalue weighted by Gasteiger charge is -2.08. The van der Waals surface area contributed by atoms with E-state index in [0.717, 1.165) is 18.8 Å². The summed E-state index contributed by atoms with van der Waals surface area (Å²) < 4.78 is 1.59. The first-order valence-corrected chi connectivity index (χ1v) is 4.52. The minimum atomic E-state index is 0.395. The molecule has 5 nitrogen and oxygen atoms in total. The molecule has 0 bridgehead atoms. The Morgan fingerprint density at radius 2 is 2.31 bits per heavy atom. The van der Waals surface area contributed by atoms with Crippen LogP contribution in [0.15, 0.2) is 0 Å². The number of nitrogens with zero attached hydrogens (tertiary/aromatic N) is 3. The summed E-state index contributed by atoms with van der Waals surface area (Å²) in [6, 6.07) is 0.395. The second-order valence-electron chi connectivity index (χ2n) is 3.17. The Labute approximate surface area is 78.3 Å². The smallest absolute Gasteiger partial charge is 0.218 e. The van der Waals surface area contributed by atoms with Gasteiger partial charge in [0.05, 0.1) is 0 Å². The van der Waals surface area contributed by atoms with Crippen molar-refractivity contribution in [1.29, 1.82) is 0 Å². The molecule has 1 unspecified atom stereocenters. The maximum atomic E-state index is 5.56. The van der Waals surface area contributed by atoms with E-state index in [-0.39, 0.29) is 0 Å². The average Bonchev–Trinajstić information content (AvgIpc) is 2.31. The zero-order valence-corrected chi connectivity index (χ0v) is 8.41. The highest BCUT2D eigenvalue weighted by Gasteiger charge is 2.07. The number of likely N-dealkylation sites (N-methyl/N-ethyl adjacent to an activating group) is 1. The molecule has 1 rings (SSSR count). The summed E-state index contributed by atoms with van der Waals surface area (Å²) in [6.45, 7) is 5.15. The van der Waals surface area contributed by atoms with E-state index < -0.39 is 0 Å². The zero-order chi connectivity index (χ0) is 9.84. The van der Waals surface area contributed by atoms with Crippen molar-refractivity contribution < 1.29 is 0 Å². The SMILES string of the molecule is CCNC(C)Cc1nc(N)n(C)n1. The first-order valence-electron chi connectivity index (χ1n) is 4.52. The number of nitrogen functional groups attached to an aromatic ring is 1. The molecule has 0 saturated carbocycles. The van der Waals surface area contributed by atoms with E-state index in [9.17, 15) is 0 Å². The number of aryl methyl sites for hydroxylation is 1. The second-order valence-corrected chi connectivity index (χ2v) is 3.17. The van der Waals surface area contributed by atoms with Gasteiger partial charge in [-0.05, 0) is 13.5 Å². The highest BCUT2D eigenvalue weighted by Crippen LogP contribution is 2.00. The van der Waals surface area contributed by atoms with Crippen molar-refractivity contribution >= 4 is 5.95 Å². The highest BCUT2D eigenvalue weighted by atomic mass is 15.4. The molecule has 0 aromatic carbocycles. The van der Waals surface area contributed by atoms with E-state index in [1.54, 1.807) is 11.7 Å². The number of hydrogen-bond donors (Lipinski definition) is 2. The fraction of sp³-hybridized carbons (Fsp3) is 0.750. The molecular weight excluding hydrogens is 166 g/mol. The molecule has 0 amide bonds. The van der Waals surface area contributed by atoms with Gasteiger partial charge in [-0.15, -0.1) is 0 Å². The van der Waals surface area contributed by atoms with Crippen LogP contribution in [-0.2, 0) is 13.5 Å². The van der Waals surface area contributed by atoms with Crippen molar-refractivity contribution in [2.75, 3.05) is 12.3 Å². The molecule has 0 radical (unpaired) electrons. The number of hydrogen-bond acceptors (Lipinski definition) is 4. The summed E-state index contributed by atoms with van der Waals surface area (Å²) in [7, 11) is 1.80. The molecule has 1 aromatic rings. The van der Waals surface area contributed by atoms with E-state index in [2.05, 4.69) is 29.2 Å². The predicted molar refractivity (Wildman–Crippen MR) is 52.3 cm³/mol. The van der Waals surface area contributed by atoms with Crippen molar-refractivity contribution in [3.05, 3.63) is 5.82 Å². The lowest BCUT2D eigenvalue weighted by molar-refractivity contribution is 0.550. The van der Waals surface area contributed by atoms with Crippen LogP contribution in [0.4, 0.5) is 5.95 Å². The van der Waals surface area contributed by atoms with Gasteiger partial charge in [0.1, 0.15) is 0 Å². The van der Waals surface area contributed by atoms with Crippen molar-refractivity contribution in [3.63, 3.8) is 0 Å². The van der Waals surface area contributed by atoms with Crippen LogP contribution in [0.25, 0.3) is 0 Å². The van der Waals surface area contributed by atoms with Crippen LogP contribution in [0.3, 0.4) is 0 Å². The van der Waals surface area contributed by atoms with Gasteiger partial charge in [0.15, 0.2) is 5.82 Å². The predicted octanol–water partition coefficient (Wildman–Crippen LogP) is -0.0622. The van der Waals surface area contributed by atoms with Crippen LogP contribution < -0.4 is 11.1 Å². The third-order valence-electron chi connectivity index (χ3n) is 1.88. The maximum absolute atomic E-state index is 5.56. The maximum Gasteiger partial charge on any atom is 0.218 e. The summed E-state index contributed by atoms with van der Waals surface area (Å²) in [5.41, 5.74) is 5.56. The van der Waals surface area contributed by atoms with Gasteiger partial charge in [0.25, 0.3) is 0 Å². The lowest BCUT2D eigenvalue weighted by Crippen LogP contribution is -2.28. The zero-order valence-electron chi connectivity index (χ0n) is 8.41. The Morgan fingerprint density at radius 3 is 2.77 bits per heavy atom. The standard InChI is InChI=1S/C8H17N5/c1-4-10-6(2)5-7-11-8(9)13(3)12-7/h6,10H,4-5H2,1-3H3,(H2,9,11,12). The third kappa shape index (κ3) is 2.69. The molecule has 1 aromatic heterocycles. The molecule has 13 heavy (non-hydrogen) atoms. The van der Waals surface area contributed by atoms with Gasteiger partial charge < -0.3 is 11.1 Å². The van der Waals surface area contributed by atoms with E-state index >= 15 is 0 Å². The third-order valence-corrected chi connectivity index (χ3v) is 1.88. The van der Waals surface area contributed by atoms with Crippen LogP contribution in [0, 0.1) is 0 Å². The number of nitrogens with two attached hydrogens (primary N) is 1. The molecule has 1 atom stereocenters. The molecule has 0 fully saturated rings. The van der Waals surface area contributed by atoms with Gasteiger partial charge in [-0.1, -0.05) is 6.92 Å². The van der Waals surface area contributed by atoms with Crippen LogP contribution in [0.1, 0.15) is 19.7 Å². The van der Waals surface area contributed by atoms with Gasteiger partial charge in [-0.3, -0.25) is 0 Å². The number of anilines is 1. The van der Waals surface area contributed by atoms with Gasteiger partial charge >= 0.3 is 0 Å². The monoisotopic (exact) mass is 183 g/mol. The molecule has 1 heterocycles. The first-order chi connectivity index (χ1) is 6.13. The van der Waals surface area contributed by atoms with E-state index in [4.69, 9.17) is 5.73 Å². The van der Waals surface area contributed by atoms with Gasteiger partial charge in [0.2, 0.25) is 5.95 Å². The highest BCUT2D eigenvalue weighted by molar-refractivity contribution is 5.15. The Bertz CT molecular complexity index is 248. The van der Waals surface area contributed by atoms with Gasteiger partial charge in [-0.2, -0.15) is 10.1 Å². The number of nitrogens with one attached hydrogen (secondary N) is 1. The van der Waals surface area contributed by atoms with Crippen LogP contribution >= 0.6 is 0 Å². The molecule has 0 aliphatic heterocycles. The number of aromatic nitrogens is 3. The molecular formula is C8H17N5. The van der Waals surface area contributed by atoms with Gasteiger partial charge in [-0.25, -0.2) is 4.68 Å². The van der Waals surface area contributed by atoms with E-state index in [1.165, 1.54) is 0 Å². The largest absolute Gasteiger partial charge is 0.368 e. The van der Waals surface area contributed by atoms with Crippen molar-refractivity contribution in [3.8, 4) is 0 Å². The Morgan fingerprint density at radius 1 is 1.62 bits per heavy atom. The van der Waals surface area contributed by atoms with E-state index in [0.29, 0.717) is 12.0 Å². The molecule has 0 saturated heterocycles. The average molecular weight is 183 g/mol. The van der Waals surface area contributed by atoms with Crippen LogP contribution in [0.2, 0.25) is 0 Å². The minimum absolute atomic E-state index is 0.395. The van der Waals surface area contributed by atoms with Crippen LogP contribution in [0.5, 0.6) is 0 Å². The molecule has 0 aliphatic rings. The van der Waals surface area contributed by atoms with Crippen LogP contribution in [-0.4, -0.2) is 27.4 Å². The lowest BCUT2D eigenvalue weighted by atomic mass is 10.2. The van der Waals surface area contributed by atoms with Gasteiger partial charge in [0, 0.05) is 19.5 Å². The Kier molecular flexibility index (Phi) is 3.25. The Hall–Kier alpha value is -1.10. The van der Waals surface area contributed by atoms with Crippen molar-refractivity contribution in [2.45, 2.75) is 26.3 Å². The molecule has 3 N–H and O–H groups in total. The minimum Gasteiger partial charge on any atom is -0.368 e. The molecule has 74 valence electrons. The molecule has 0 aliphatic carbocycles. The summed E-state index contributed by atoms with van der Waals surface area (Å²) in [4.78, 5) is 4.12. The molecule has 0 spiro atoms. The first kappa shape index (κ1) is 9.98. The molecule has 5 heteroatoms. The van der Waals surface area contributed by atoms with E-state index in [1.807, 2.05) is 0 Å². The normalized spacial score (nSPS) is 13.2. The summed E-state index contributed by atoms with van der Waals surface area (Å²) in [5, 5.41) is 7.47. The topological polar surface area (TPSA) is 68.8 Å². The Balaban J connectivity index is 2.53. The fourth-order valence-electron chi connectivity index (χ4n) is 1.23. The summed E-state index contributed by atoms with van der Waals surface area (Å²) in [6.07, 6.45) is 0.818. The quantitative estimate of drug-likeness (QED) is 0.686. The fourth-order valence-corrected chi connectivity index (χ4v) is 1.23. The second kappa shape index (κ2) is 4.23. The summed E-state index contributed by atoms with van der Waals surface area (Å²) >= 11 is 0. The number of rotatable bonds is 4.